The summed E-state index contributed by atoms with van der Waals surface area (Å²) >= 11 is 3.50. The third-order valence-electron chi connectivity index (χ3n) is 3.55. The zero-order valence-electron chi connectivity index (χ0n) is 11.3. The molecule has 1 aliphatic heterocycles. The van der Waals surface area contributed by atoms with Crippen LogP contribution in [0.15, 0.2) is 40.9 Å². The Hall–Kier alpha value is -1.61. The maximum absolute atomic E-state index is 12.4. The van der Waals surface area contributed by atoms with Gasteiger partial charge in [-0.05, 0) is 24.6 Å². The highest BCUT2D eigenvalue weighted by molar-refractivity contribution is 9.10. The minimum absolute atomic E-state index is 0.126. The first-order valence-electron chi connectivity index (χ1n) is 6.67. The number of aryl methyl sites for hydroxylation is 1. The summed E-state index contributed by atoms with van der Waals surface area (Å²) in [4.78, 5) is 12.4. The maximum atomic E-state index is 12.4. The van der Waals surface area contributed by atoms with Crippen molar-refractivity contribution in [1.82, 2.24) is 0 Å². The van der Waals surface area contributed by atoms with Crippen molar-refractivity contribution in [2.24, 2.45) is 0 Å². The molecule has 0 spiro atoms. The minimum Gasteiger partial charge on any atom is -0.493 e. The van der Waals surface area contributed by atoms with E-state index in [1.54, 1.807) is 0 Å². The number of ether oxygens (including phenoxy) is 1. The Morgan fingerprint density at radius 1 is 1.25 bits per heavy atom. The zero-order chi connectivity index (χ0) is 14.1. The molecule has 0 saturated heterocycles. The lowest BCUT2D eigenvalue weighted by Crippen LogP contribution is -2.05. The van der Waals surface area contributed by atoms with E-state index in [1.807, 2.05) is 37.3 Å². The highest BCUT2D eigenvalue weighted by Gasteiger charge is 2.19. The normalized spacial score (nSPS) is 12.9. The molecule has 0 fully saturated rings. The Kier molecular flexibility index (Phi) is 3.62. The number of fused-ring (bicyclic) bond motifs is 1. The van der Waals surface area contributed by atoms with Gasteiger partial charge in [0.05, 0.1) is 6.61 Å². The fourth-order valence-electron chi connectivity index (χ4n) is 2.49. The number of carbonyl (C=O) groups excluding carboxylic acids is 1. The molecule has 2 aromatic rings. The molecule has 0 saturated carbocycles. The van der Waals surface area contributed by atoms with Crippen LogP contribution in [0.4, 0.5) is 0 Å². The van der Waals surface area contributed by atoms with Crippen LogP contribution < -0.4 is 4.74 Å². The number of halogens is 1. The van der Waals surface area contributed by atoms with Gasteiger partial charge in [0.1, 0.15) is 5.75 Å². The summed E-state index contributed by atoms with van der Waals surface area (Å²) in [7, 11) is 0. The van der Waals surface area contributed by atoms with Crippen LogP contribution in [0.5, 0.6) is 5.75 Å². The van der Waals surface area contributed by atoms with Crippen LogP contribution in [0.2, 0.25) is 0 Å². The number of rotatable bonds is 3. The van der Waals surface area contributed by atoms with Crippen LogP contribution in [-0.4, -0.2) is 12.4 Å². The Balaban J connectivity index is 1.88. The molecule has 2 aromatic carbocycles. The molecule has 0 atom stereocenters. The van der Waals surface area contributed by atoms with E-state index in [1.165, 1.54) is 5.56 Å². The maximum Gasteiger partial charge on any atom is 0.167 e. The fraction of sp³-hybridized carbons (Fsp3) is 0.235. The molecule has 1 heterocycles. The molecule has 0 bridgehead atoms. The van der Waals surface area contributed by atoms with Gasteiger partial charge in [0.25, 0.3) is 0 Å². The van der Waals surface area contributed by atoms with E-state index in [9.17, 15) is 4.79 Å². The smallest absolute Gasteiger partial charge is 0.167 e. The third kappa shape index (κ3) is 2.63. The van der Waals surface area contributed by atoms with Crippen molar-refractivity contribution < 1.29 is 9.53 Å². The quantitative estimate of drug-likeness (QED) is 0.791. The van der Waals surface area contributed by atoms with E-state index in [2.05, 4.69) is 22.0 Å². The number of Topliss-reactive ketones (excluding diaryl/α,β-unsaturated/α-hetero) is 1. The number of ketones is 1. The fourth-order valence-corrected chi connectivity index (χ4v) is 3.04. The van der Waals surface area contributed by atoms with Gasteiger partial charge in [0.15, 0.2) is 5.78 Å². The van der Waals surface area contributed by atoms with Crippen LogP contribution in [0.1, 0.15) is 27.0 Å². The molecule has 20 heavy (non-hydrogen) atoms. The average molecular weight is 331 g/mol. The van der Waals surface area contributed by atoms with Crippen LogP contribution in [-0.2, 0) is 12.8 Å². The van der Waals surface area contributed by atoms with Gasteiger partial charge in [-0.15, -0.1) is 0 Å². The van der Waals surface area contributed by atoms with Gasteiger partial charge in [-0.3, -0.25) is 4.79 Å². The summed E-state index contributed by atoms with van der Waals surface area (Å²) in [6.45, 7) is 2.72. The largest absolute Gasteiger partial charge is 0.493 e. The molecule has 3 heteroatoms. The predicted molar refractivity (Wildman–Crippen MR) is 82.6 cm³/mol. The topological polar surface area (TPSA) is 26.3 Å². The van der Waals surface area contributed by atoms with Crippen molar-refractivity contribution in [3.05, 3.63) is 63.1 Å². The van der Waals surface area contributed by atoms with Crippen molar-refractivity contribution in [3.8, 4) is 5.75 Å². The van der Waals surface area contributed by atoms with E-state index >= 15 is 0 Å². The van der Waals surface area contributed by atoms with Gasteiger partial charge >= 0.3 is 0 Å². The predicted octanol–water partition coefficient (Wildman–Crippen LogP) is 4.12. The van der Waals surface area contributed by atoms with Crippen LogP contribution in [0.3, 0.4) is 0 Å². The highest BCUT2D eigenvalue weighted by Crippen LogP contribution is 2.33. The van der Waals surface area contributed by atoms with Crippen LogP contribution in [0, 0.1) is 6.92 Å². The van der Waals surface area contributed by atoms with Crippen molar-refractivity contribution in [3.63, 3.8) is 0 Å². The second-order valence-corrected chi connectivity index (χ2v) is 6.03. The van der Waals surface area contributed by atoms with Crippen LogP contribution >= 0.6 is 15.9 Å². The summed E-state index contributed by atoms with van der Waals surface area (Å²) < 4.78 is 6.68. The van der Waals surface area contributed by atoms with Gasteiger partial charge in [-0.1, -0.05) is 45.8 Å². The standard InChI is InChI=1S/C17H15BrO2/c1-11-2-4-12(5-3-11)16(19)10-14-9-15(18)8-13-6-7-20-17(13)14/h2-5,8-9H,6-7,10H2,1H3. The van der Waals surface area contributed by atoms with E-state index in [0.717, 1.165) is 33.3 Å². The lowest BCUT2D eigenvalue weighted by atomic mass is 9.99. The molecule has 0 radical (unpaired) electrons. The van der Waals surface area contributed by atoms with Gasteiger partial charge < -0.3 is 4.74 Å². The molecule has 0 amide bonds. The Labute approximate surface area is 126 Å². The van der Waals surface area contributed by atoms with Gasteiger partial charge in [-0.25, -0.2) is 0 Å². The first-order chi connectivity index (χ1) is 9.63. The first-order valence-corrected chi connectivity index (χ1v) is 7.47. The first kappa shape index (κ1) is 13.4. The van der Waals surface area contributed by atoms with Crippen molar-refractivity contribution >= 4 is 21.7 Å². The molecule has 1 aliphatic rings. The summed E-state index contributed by atoms with van der Waals surface area (Å²) in [6, 6.07) is 11.8. The average Bonchev–Trinajstić information content (AvgIpc) is 2.87. The summed E-state index contributed by atoms with van der Waals surface area (Å²) in [6.07, 6.45) is 1.30. The second kappa shape index (κ2) is 5.41. The van der Waals surface area contributed by atoms with Crippen molar-refractivity contribution in [2.75, 3.05) is 6.61 Å². The summed E-state index contributed by atoms with van der Waals surface area (Å²) in [5.74, 6) is 1.02. The molecule has 0 aromatic heterocycles. The molecular formula is C17H15BrO2. The number of hydrogen-bond acceptors (Lipinski definition) is 2. The molecular weight excluding hydrogens is 316 g/mol. The number of carbonyl (C=O) groups is 1. The molecule has 3 rings (SSSR count). The van der Waals surface area contributed by atoms with Gasteiger partial charge in [0, 0.05) is 28.4 Å². The van der Waals surface area contributed by atoms with E-state index in [-0.39, 0.29) is 5.78 Å². The third-order valence-corrected chi connectivity index (χ3v) is 4.01. The number of benzene rings is 2. The van der Waals surface area contributed by atoms with E-state index in [4.69, 9.17) is 4.74 Å². The SMILES string of the molecule is Cc1ccc(C(=O)Cc2cc(Br)cc3c2OCC3)cc1. The molecule has 0 aliphatic carbocycles. The molecule has 102 valence electrons. The zero-order valence-corrected chi connectivity index (χ0v) is 12.9. The Bertz CT molecular complexity index is 659. The van der Waals surface area contributed by atoms with Gasteiger partial charge in [-0.2, -0.15) is 0 Å². The van der Waals surface area contributed by atoms with E-state index in [0.29, 0.717) is 13.0 Å². The Morgan fingerprint density at radius 2 is 2.00 bits per heavy atom. The highest BCUT2D eigenvalue weighted by atomic mass is 79.9. The molecule has 0 unspecified atom stereocenters. The molecule has 2 nitrogen and oxygen atoms in total. The lowest BCUT2D eigenvalue weighted by Gasteiger charge is -2.09. The summed E-state index contributed by atoms with van der Waals surface area (Å²) in [5.41, 5.74) is 4.07. The lowest BCUT2D eigenvalue weighted by molar-refractivity contribution is 0.0992. The van der Waals surface area contributed by atoms with Crippen molar-refractivity contribution in [2.45, 2.75) is 19.8 Å². The molecule has 0 N–H and O–H groups in total. The van der Waals surface area contributed by atoms with Crippen molar-refractivity contribution in [1.29, 1.82) is 0 Å². The summed E-state index contributed by atoms with van der Waals surface area (Å²) in [5, 5.41) is 0. The number of hydrogen-bond donors (Lipinski definition) is 0. The van der Waals surface area contributed by atoms with Crippen LogP contribution in [0.25, 0.3) is 0 Å². The Morgan fingerprint density at radius 3 is 2.75 bits per heavy atom. The van der Waals surface area contributed by atoms with E-state index < -0.39 is 0 Å². The monoisotopic (exact) mass is 330 g/mol. The second-order valence-electron chi connectivity index (χ2n) is 5.12. The van der Waals surface area contributed by atoms with Gasteiger partial charge in [0.2, 0.25) is 0 Å². The minimum atomic E-state index is 0.126.